The first-order valence-corrected chi connectivity index (χ1v) is 6.11. The highest BCUT2D eigenvalue weighted by Gasteiger charge is 2.14. The van der Waals surface area contributed by atoms with E-state index in [0.29, 0.717) is 18.1 Å². The first kappa shape index (κ1) is 12.4. The molecule has 0 aliphatic heterocycles. The van der Waals surface area contributed by atoms with Crippen LogP contribution in [-0.4, -0.2) is 27.2 Å². The van der Waals surface area contributed by atoms with Gasteiger partial charge in [0.15, 0.2) is 5.65 Å². The van der Waals surface area contributed by atoms with E-state index >= 15 is 0 Å². The van der Waals surface area contributed by atoms with Crippen LogP contribution >= 0.6 is 0 Å². The summed E-state index contributed by atoms with van der Waals surface area (Å²) in [5.74, 6) is 7.38. The smallest absolute Gasteiger partial charge is 0.241 e. The molecule has 0 aliphatic carbocycles. The SMILES string of the molecule is Cc1occc1CN(C)c1nc(NN)nc2[nH]ncc12. The Morgan fingerprint density at radius 2 is 2.30 bits per heavy atom. The van der Waals surface area contributed by atoms with Gasteiger partial charge in [0.2, 0.25) is 5.95 Å². The number of nitrogens with one attached hydrogen (secondary N) is 2. The zero-order valence-electron chi connectivity index (χ0n) is 11.2. The maximum Gasteiger partial charge on any atom is 0.241 e. The second-order valence-electron chi connectivity index (χ2n) is 4.51. The molecule has 0 aliphatic rings. The molecule has 3 aromatic rings. The summed E-state index contributed by atoms with van der Waals surface area (Å²) >= 11 is 0. The van der Waals surface area contributed by atoms with Gasteiger partial charge in [-0.2, -0.15) is 15.1 Å². The largest absolute Gasteiger partial charge is 0.469 e. The van der Waals surface area contributed by atoms with E-state index in [0.717, 1.165) is 22.5 Å². The highest BCUT2D eigenvalue weighted by atomic mass is 16.3. The minimum atomic E-state index is 0.340. The number of hydrogen-bond donors (Lipinski definition) is 3. The van der Waals surface area contributed by atoms with Gasteiger partial charge in [0.25, 0.3) is 0 Å². The van der Waals surface area contributed by atoms with Crippen LogP contribution in [0.1, 0.15) is 11.3 Å². The van der Waals surface area contributed by atoms with Crippen LogP contribution in [0.4, 0.5) is 11.8 Å². The van der Waals surface area contributed by atoms with Gasteiger partial charge in [-0.25, -0.2) is 5.84 Å². The monoisotopic (exact) mass is 273 g/mol. The van der Waals surface area contributed by atoms with Crippen molar-refractivity contribution in [1.82, 2.24) is 20.2 Å². The summed E-state index contributed by atoms with van der Waals surface area (Å²) in [7, 11) is 1.95. The molecule has 0 spiro atoms. The van der Waals surface area contributed by atoms with Crippen LogP contribution in [0.3, 0.4) is 0 Å². The van der Waals surface area contributed by atoms with Crippen molar-refractivity contribution in [3.05, 3.63) is 29.9 Å². The zero-order chi connectivity index (χ0) is 14.1. The minimum absolute atomic E-state index is 0.340. The predicted octanol–water partition coefficient (Wildman–Crippen LogP) is 1.18. The summed E-state index contributed by atoms with van der Waals surface area (Å²) in [6.45, 7) is 2.60. The topological polar surface area (TPSA) is 109 Å². The molecule has 8 heteroatoms. The Bertz CT molecular complexity index is 732. The number of aryl methyl sites for hydroxylation is 1. The molecular weight excluding hydrogens is 258 g/mol. The fourth-order valence-electron chi connectivity index (χ4n) is 2.08. The van der Waals surface area contributed by atoms with Crippen LogP contribution < -0.4 is 16.2 Å². The molecule has 0 radical (unpaired) electrons. The van der Waals surface area contributed by atoms with E-state index in [1.807, 2.05) is 24.9 Å². The van der Waals surface area contributed by atoms with Crippen molar-refractivity contribution in [3.8, 4) is 0 Å². The van der Waals surface area contributed by atoms with Gasteiger partial charge in [-0.3, -0.25) is 10.5 Å². The highest BCUT2D eigenvalue weighted by Crippen LogP contribution is 2.24. The van der Waals surface area contributed by atoms with Crippen molar-refractivity contribution in [2.75, 3.05) is 17.4 Å². The number of aromatic nitrogens is 4. The third kappa shape index (κ3) is 2.05. The van der Waals surface area contributed by atoms with E-state index in [-0.39, 0.29) is 0 Å². The third-order valence-corrected chi connectivity index (χ3v) is 3.15. The van der Waals surface area contributed by atoms with Gasteiger partial charge in [0, 0.05) is 19.2 Å². The fourth-order valence-corrected chi connectivity index (χ4v) is 2.08. The quantitative estimate of drug-likeness (QED) is 0.483. The normalized spacial score (nSPS) is 10.9. The second kappa shape index (κ2) is 4.82. The van der Waals surface area contributed by atoms with Gasteiger partial charge in [-0.15, -0.1) is 0 Å². The molecule has 0 unspecified atom stereocenters. The summed E-state index contributed by atoms with van der Waals surface area (Å²) in [6, 6.07) is 1.95. The average Bonchev–Trinajstić information content (AvgIpc) is 3.06. The summed E-state index contributed by atoms with van der Waals surface area (Å²) in [6.07, 6.45) is 3.38. The lowest BCUT2D eigenvalue weighted by molar-refractivity contribution is 0.529. The van der Waals surface area contributed by atoms with Gasteiger partial charge >= 0.3 is 0 Å². The lowest BCUT2D eigenvalue weighted by Gasteiger charge is -2.18. The van der Waals surface area contributed by atoms with Crippen LogP contribution in [0, 0.1) is 6.92 Å². The predicted molar refractivity (Wildman–Crippen MR) is 75.0 cm³/mol. The van der Waals surface area contributed by atoms with E-state index in [9.17, 15) is 0 Å². The van der Waals surface area contributed by atoms with Gasteiger partial charge in [-0.05, 0) is 13.0 Å². The Balaban J connectivity index is 2.00. The number of nitrogens with zero attached hydrogens (tertiary/aromatic N) is 4. The fraction of sp³-hybridized carbons (Fsp3) is 0.250. The maximum atomic E-state index is 5.40. The molecule has 0 atom stereocenters. The molecule has 0 bridgehead atoms. The standard InChI is InChI=1S/C12H15N7O/c1-7-8(3-4-20-7)6-19(2)11-9-5-14-18-10(9)15-12(16-11)17-13/h3-5H,6,13H2,1-2H3,(H2,14,15,16,17,18). The molecule has 0 aromatic carbocycles. The van der Waals surface area contributed by atoms with Crippen LogP contribution in [-0.2, 0) is 6.54 Å². The molecular formula is C12H15N7O. The average molecular weight is 273 g/mol. The minimum Gasteiger partial charge on any atom is -0.469 e. The van der Waals surface area contributed by atoms with Crippen molar-refractivity contribution in [2.24, 2.45) is 5.84 Å². The summed E-state index contributed by atoms with van der Waals surface area (Å²) < 4.78 is 5.31. The molecule has 0 fully saturated rings. The Labute approximate surface area is 115 Å². The number of nitrogens with two attached hydrogens (primary N) is 1. The van der Waals surface area contributed by atoms with Crippen LogP contribution in [0.15, 0.2) is 22.9 Å². The zero-order valence-corrected chi connectivity index (χ0v) is 11.2. The second-order valence-corrected chi connectivity index (χ2v) is 4.51. The van der Waals surface area contributed by atoms with E-state index in [2.05, 4.69) is 25.6 Å². The molecule has 8 nitrogen and oxygen atoms in total. The van der Waals surface area contributed by atoms with Gasteiger partial charge < -0.3 is 9.32 Å². The lowest BCUT2D eigenvalue weighted by atomic mass is 10.2. The molecule has 0 saturated carbocycles. The molecule has 0 saturated heterocycles. The number of hydrazine groups is 1. The Hall–Kier alpha value is -2.61. The number of H-pyrrole nitrogens is 1. The van der Waals surface area contributed by atoms with Gasteiger partial charge in [0.1, 0.15) is 11.6 Å². The summed E-state index contributed by atoms with van der Waals surface area (Å²) in [4.78, 5) is 10.6. The van der Waals surface area contributed by atoms with E-state index in [4.69, 9.17) is 10.3 Å². The van der Waals surface area contributed by atoms with Crippen LogP contribution in [0.2, 0.25) is 0 Å². The number of hydrogen-bond acceptors (Lipinski definition) is 7. The molecule has 104 valence electrons. The van der Waals surface area contributed by atoms with Crippen LogP contribution in [0.5, 0.6) is 0 Å². The molecule has 4 N–H and O–H groups in total. The van der Waals surface area contributed by atoms with Gasteiger partial charge in [-0.1, -0.05) is 0 Å². The molecule has 3 rings (SSSR count). The van der Waals surface area contributed by atoms with E-state index < -0.39 is 0 Å². The van der Waals surface area contributed by atoms with Crippen molar-refractivity contribution in [2.45, 2.75) is 13.5 Å². The molecule has 3 heterocycles. The number of anilines is 2. The summed E-state index contributed by atoms with van der Waals surface area (Å²) in [5, 5.41) is 7.65. The first-order chi connectivity index (χ1) is 9.69. The maximum absolute atomic E-state index is 5.40. The highest BCUT2D eigenvalue weighted by molar-refractivity contribution is 5.87. The third-order valence-electron chi connectivity index (χ3n) is 3.15. The van der Waals surface area contributed by atoms with Crippen LogP contribution in [0.25, 0.3) is 11.0 Å². The van der Waals surface area contributed by atoms with Crippen molar-refractivity contribution >= 4 is 22.8 Å². The Kier molecular flexibility index (Phi) is 2.99. The van der Waals surface area contributed by atoms with Gasteiger partial charge in [0.05, 0.1) is 17.8 Å². The van der Waals surface area contributed by atoms with E-state index in [1.54, 1.807) is 12.5 Å². The Morgan fingerprint density at radius 1 is 1.45 bits per heavy atom. The molecule has 0 amide bonds. The number of rotatable bonds is 4. The lowest BCUT2D eigenvalue weighted by Crippen LogP contribution is -2.20. The van der Waals surface area contributed by atoms with Crippen molar-refractivity contribution < 1.29 is 4.42 Å². The Morgan fingerprint density at radius 3 is 3.00 bits per heavy atom. The number of nitrogen functional groups attached to an aromatic ring is 1. The number of furan rings is 1. The van der Waals surface area contributed by atoms with Crippen molar-refractivity contribution in [3.63, 3.8) is 0 Å². The van der Waals surface area contributed by atoms with E-state index in [1.165, 1.54) is 0 Å². The first-order valence-electron chi connectivity index (χ1n) is 6.11. The van der Waals surface area contributed by atoms with Crippen molar-refractivity contribution in [1.29, 1.82) is 0 Å². The summed E-state index contributed by atoms with van der Waals surface area (Å²) in [5.41, 5.74) is 4.20. The molecule has 3 aromatic heterocycles. The number of aromatic amines is 1. The molecule has 20 heavy (non-hydrogen) atoms. The number of fused-ring (bicyclic) bond motifs is 1.